The van der Waals surface area contributed by atoms with E-state index in [9.17, 15) is 19.2 Å². The molecule has 1 fully saturated rings. The molecule has 1 rings (SSSR count). The first-order valence-electron chi connectivity index (χ1n) is 10.7. The van der Waals surface area contributed by atoms with E-state index in [1.807, 2.05) is 0 Å². The van der Waals surface area contributed by atoms with Crippen molar-refractivity contribution in [1.29, 1.82) is 0 Å². The van der Waals surface area contributed by atoms with Gasteiger partial charge in [-0.05, 0) is 33.6 Å². The van der Waals surface area contributed by atoms with Crippen molar-refractivity contribution in [3.05, 3.63) is 0 Å². The SMILES string of the molecule is CC(C)(C)OC(=O)CCOCCOCCN(C(=O)CCC(=O)O)C1CCN(C=O)CC1. The van der Waals surface area contributed by atoms with Crippen molar-refractivity contribution in [2.75, 3.05) is 46.1 Å². The van der Waals surface area contributed by atoms with Crippen molar-refractivity contribution in [2.45, 2.75) is 64.5 Å². The average Bonchev–Trinajstić information content (AvgIpc) is 2.69. The van der Waals surface area contributed by atoms with Gasteiger partial charge in [-0.25, -0.2) is 0 Å². The third kappa shape index (κ3) is 12.3. The van der Waals surface area contributed by atoms with E-state index in [4.69, 9.17) is 19.3 Å². The predicted molar refractivity (Wildman–Crippen MR) is 111 cm³/mol. The van der Waals surface area contributed by atoms with E-state index in [0.29, 0.717) is 52.3 Å². The highest BCUT2D eigenvalue weighted by Gasteiger charge is 2.27. The first-order valence-corrected chi connectivity index (χ1v) is 10.7. The number of amides is 2. The van der Waals surface area contributed by atoms with Crippen LogP contribution in [0.5, 0.6) is 0 Å². The number of rotatable bonds is 14. The molecule has 10 nitrogen and oxygen atoms in total. The number of carboxylic acid groups (broad SMARTS) is 1. The predicted octanol–water partition coefficient (Wildman–Crippen LogP) is 1.07. The molecule has 1 saturated heterocycles. The van der Waals surface area contributed by atoms with Gasteiger partial charge >= 0.3 is 11.9 Å². The number of piperidine rings is 1. The number of esters is 1. The Balaban J connectivity index is 2.30. The van der Waals surface area contributed by atoms with E-state index in [1.165, 1.54) is 0 Å². The summed E-state index contributed by atoms with van der Waals surface area (Å²) in [6, 6.07) is -0.0360. The maximum atomic E-state index is 12.5. The van der Waals surface area contributed by atoms with Crippen LogP contribution in [0, 0.1) is 0 Å². The van der Waals surface area contributed by atoms with Gasteiger partial charge in [-0.1, -0.05) is 0 Å². The summed E-state index contributed by atoms with van der Waals surface area (Å²) in [5, 5.41) is 8.84. The molecule has 0 saturated carbocycles. The summed E-state index contributed by atoms with van der Waals surface area (Å²) in [5.41, 5.74) is -0.516. The molecule has 0 aromatic rings. The van der Waals surface area contributed by atoms with Crippen LogP contribution in [0.15, 0.2) is 0 Å². The van der Waals surface area contributed by atoms with Crippen molar-refractivity contribution in [3.8, 4) is 0 Å². The van der Waals surface area contributed by atoms with E-state index in [2.05, 4.69) is 0 Å². The second-order valence-corrected chi connectivity index (χ2v) is 8.41. The zero-order valence-electron chi connectivity index (χ0n) is 18.8. The number of likely N-dealkylation sites (tertiary alicyclic amines) is 1. The van der Waals surface area contributed by atoms with Gasteiger partial charge in [0.2, 0.25) is 12.3 Å². The Bertz CT molecular complexity index is 582. The maximum Gasteiger partial charge on any atom is 0.308 e. The molecule has 31 heavy (non-hydrogen) atoms. The molecule has 1 N–H and O–H groups in total. The van der Waals surface area contributed by atoms with E-state index >= 15 is 0 Å². The van der Waals surface area contributed by atoms with Gasteiger partial charge in [0, 0.05) is 32.1 Å². The van der Waals surface area contributed by atoms with Crippen LogP contribution in [0.25, 0.3) is 0 Å². The molecule has 1 heterocycles. The lowest BCUT2D eigenvalue weighted by Crippen LogP contribution is -2.48. The van der Waals surface area contributed by atoms with Crippen LogP contribution in [0.3, 0.4) is 0 Å². The fraction of sp³-hybridized carbons (Fsp3) is 0.810. The van der Waals surface area contributed by atoms with Crippen molar-refractivity contribution in [2.24, 2.45) is 0 Å². The summed E-state index contributed by atoms with van der Waals surface area (Å²) >= 11 is 0. The zero-order chi connectivity index (χ0) is 23.3. The van der Waals surface area contributed by atoms with Gasteiger partial charge in [0.05, 0.1) is 39.3 Å². The van der Waals surface area contributed by atoms with Crippen LogP contribution in [0.2, 0.25) is 0 Å². The Morgan fingerprint density at radius 1 is 1.00 bits per heavy atom. The lowest BCUT2D eigenvalue weighted by atomic mass is 10.0. The van der Waals surface area contributed by atoms with Gasteiger partial charge in [-0.2, -0.15) is 0 Å². The zero-order valence-corrected chi connectivity index (χ0v) is 18.8. The smallest absolute Gasteiger partial charge is 0.308 e. The molecule has 0 atom stereocenters. The Hall–Kier alpha value is -2.20. The van der Waals surface area contributed by atoms with Gasteiger partial charge in [0.25, 0.3) is 0 Å². The summed E-state index contributed by atoms with van der Waals surface area (Å²) < 4.78 is 16.1. The highest BCUT2D eigenvalue weighted by atomic mass is 16.6. The van der Waals surface area contributed by atoms with Crippen LogP contribution < -0.4 is 0 Å². The summed E-state index contributed by atoms with van der Waals surface area (Å²) in [7, 11) is 0. The number of hydrogen-bond acceptors (Lipinski definition) is 7. The average molecular weight is 445 g/mol. The largest absolute Gasteiger partial charge is 0.481 e. The molecule has 0 aromatic heterocycles. The third-order valence-corrected chi connectivity index (χ3v) is 4.68. The van der Waals surface area contributed by atoms with Gasteiger partial charge in [-0.3, -0.25) is 19.2 Å². The number of carbonyl (C=O) groups is 4. The Morgan fingerprint density at radius 3 is 2.16 bits per heavy atom. The molecule has 1 aliphatic heterocycles. The summed E-state index contributed by atoms with van der Waals surface area (Å²) in [4.78, 5) is 49.1. The molecule has 0 spiro atoms. The quantitative estimate of drug-likeness (QED) is 0.240. The lowest BCUT2D eigenvalue weighted by Gasteiger charge is -2.37. The molecule has 0 radical (unpaired) electrons. The molecule has 1 aliphatic rings. The van der Waals surface area contributed by atoms with Crippen molar-refractivity contribution < 1.29 is 38.5 Å². The maximum absolute atomic E-state index is 12.5. The fourth-order valence-corrected chi connectivity index (χ4v) is 3.20. The number of carboxylic acids is 1. The molecule has 0 bridgehead atoms. The summed E-state index contributed by atoms with van der Waals surface area (Å²) in [6.07, 6.45) is 2.02. The number of aliphatic carboxylic acids is 1. The molecule has 0 aliphatic carbocycles. The molecule has 0 unspecified atom stereocenters. The minimum Gasteiger partial charge on any atom is -0.481 e. The highest BCUT2D eigenvalue weighted by molar-refractivity contribution is 5.81. The molecule has 178 valence electrons. The van der Waals surface area contributed by atoms with Crippen LogP contribution in [0.1, 0.15) is 52.9 Å². The van der Waals surface area contributed by atoms with E-state index in [0.717, 1.165) is 6.41 Å². The lowest BCUT2D eigenvalue weighted by molar-refractivity contribution is -0.156. The topological polar surface area (TPSA) is 123 Å². The van der Waals surface area contributed by atoms with Gasteiger partial charge in [0.15, 0.2) is 0 Å². The van der Waals surface area contributed by atoms with Crippen molar-refractivity contribution in [1.82, 2.24) is 9.80 Å². The number of hydrogen-bond donors (Lipinski definition) is 1. The highest BCUT2D eigenvalue weighted by Crippen LogP contribution is 2.17. The first kappa shape index (κ1) is 26.8. The van der Waals surface area contributed by atoms with E-state index in [1.54, 1.807) is 30.6 Å². The molecular weight excluding hydrogens is 408 g/mol. The number of nitrogens with zero attached hydrogens (tertiary/aromatic N) is 2. The first-order chi connectivity index (χ1) is 14.6. The summed E-state index contributed by atoms with van der Waals surface area (Å²) in [5.74, 6) is -1.54. The van der Waals surface area contributed by atoms with Crippen LogP contribution in [-0.2, 0) is 33.4 Å². The second-order valence-electron chi connectivity index (χ2n) is 8.41. The second kappa shape index (κ2) is 14.0. The Labute approximate surface area is 183 Å². The van der Waals surface area contributed by atoms with Crippen LogP contribution >= 0.6 is 0 Å². The Kier molecular flexibility index (Phi) is 12.1. The van der Waals surface area contributed by atoms with Crippen molar-refractivity contribution >= 4 is 24.3 Å². The standard InChI is InChI=1S/C21H36N2O8/c1-21(2,3)31-20(28)8-12-29-14-15-30-13-11-23(18(25)4-5-19(26)27)17-6-9-22(16-24)10-7-17/h16-17H,4-15H2,1-3H3,(H,26,27). The molecule has 0 aromatic carbocycles. The van der Waals surface area contributed by atoms with E-state index in [-0.39, 0.29) is 43.8 Å². The number of carbonyl (C=O) groups excluding carboxylic acids is 3. The normalized spacial score (nSPS) is 14.9. The van der Waals surface area contributed by atoms with E-state index < -0.39 is 11.6 Å². The monoisotopic (exact) mass is 444 g/mol. The van der Waals surface area contributed by atoms with Crippen molar-refractivity contribution in [3.63, 3.8) is 0 Å². The molecule has 2 amide bonds. The van der Waals surface area contributed by atoms with Crippen LogP contribution in [0.4, 0.5) is 0 Å². The number of ether oxygens (including phenoxy) is 3. The Morgan fingerprint density at radius 2 is 1.61 bits per heavy atom. The summed E-state index contributed by atoms with van der Waals surface area (Å²) in [6.45, 7) is 8.08. The molecular formula is C21H36N2O8. The van der Waals surface area contributed by atoms with Gasteiger partial charge in [-0.15, -0.1) is 0 Å². The van der Waals surface area contributed by atoms with Crippen LogP contribution in [-0.4, -0.2) is 96.9 Å². The fourth-order valence-electron chi connectivity index (χ4n) is 3.20. The third-order valence-electron chi connectivity index (χ3n) is 4.68. The minimum atomic E-state index is -1.01. The minimum absolute atomic E-state index is 0.0360. The van der Waals surface area contributed by atoms with Gasteiger partial charge in [0.1, 0.15) is 5.60 Å². The van der Waals surface area contributed by atoms with Gasteiger partial charge < -0.3 is 29.1 Å². The molecule has 10 heteroatoms.